The van der Waals surface area contributed by atoms with E-state index >= 15 is 0 Å². The molecule has 0 atom stereocenters. The number of aromatic nitrogens is 3. The lowest BCUT2D eigenvalue weighted by Crippen LogP contribution is -2.22. The molecule has 0 bridgehead atoms. The van der Waals surface area contributed by atoms with Crippen LogP contribution < -0.4 is 5.32 Å². The van der Waals surface area contributed by atoms with Crippen molar-refractivity contribution in [1.29, 1.82) is 0 Å². The summed E-state index contributed by atoms with van der Waals surface area (Å²) in [5.41, 5.74) is 0.390. The molecule has 0 radical (unpaired) electrons. The van der Waals surface area contributed by atoms with E-state index in [0.717, 1.165) is 10.1 Å². The largest absolute Gasteiger partial charge is 0.325 e. The number of H-pyrrole nitrogens is 1. The third kappa shape index (κ3) is 5.05. The first-order valence-electron chi connectivity index (χ1n) is 7.88. The summed E-state index contributed by atoms with van der Waals surface area (Å²) in [5.74, 6) is 0.692. The minimum absolute atomic E-state index is 0.136. The number of sulfonamides is 1. The monoisotopic (exact) mass is 397 g/mol. The zero-order valence-electron chi connectivity index (χ0n) is 15.4. The fourth-order valence-electron chi connectivity index (χ4n) is 1.89. The topological polar surface area (TPSA) is 108 Å². The Morgan fingerprint density at radius 1 is 1.23 bits per heavy atom. The van der Waals surface area contributed by atoms with Gasteiger partial charge in [0.1, 0.15) is 5.82 Å². The van der Waals surface area contributed by atoms with Gasteiger partial charge < -0.3 is 5.32 Å². The van der Waals surface area contributed by atoms with E-state index in [9.17, 15) is 13.2 Å². The summed E-state index contributed by atoms with van der Waals surface area (Å²) in [4.78, 5) is 16.6. The van der Waals surface area contributed by atoms with Gasteiger partial charge in [0, 0.05) is 25.2 Å². The minimum atomic E-state index is -3.48. The summed E-state index contributed by atoms with van der Waals surface area (Å²) in [6, 6.07) is 6.04. The molecule has 142 valence electrons. The maximum atomic E-state index is 12.1. The van der Waals surface area contributed by atoms with E-state index in [0.29, 0.717) is 10.8 Å². The standard InChI is InChI=1S/C16H23N5O3S2/c1-16(2,3)14-18-15(20-19-14)25-10-13(22)17-11-6-8-12(9-7-11)26(23,24)21(4)5/h6-9H,10H2,1-5H3,(H,17,22)(H,18,19,20). The highest BCUT2D eigenvalue weighted by Crippen LogP contribution is 2.21. The zero-order chi connectivity index (χ0) is 19.5. The Kier molecular flexibility index (Phi) is 6.09. The number of aromatic amines is 1. The van der Waals surface area contributed by atoms with Crippen molar-refractivity contribution in [3.8, 4) is 0 Å². The molecule has 0 aliphatic carbocycles. The first-order valence-corrected chi connectivity index (χ1v) is 10.3. The lowest BCUT2D eigenvalue weighted by Gasteiger charge is -2.12. The van der Waals surface area contributed by atoms with Crippen LogP contribution >= 0.6 is 11.8 Å². The second-order valence-corrected chi connectivity index (χ2v) is 9.96. The predicted octanol–water partition coefficient (Wildman–Crippen LogP) is 2.08. The molecule has 1 heterocycles. The molecule has 8 nitrogen and oxygen atoms in total. The van der Waals surface area contributed by atoms with Crippen molar-refractivity contribution < 1.29 is 13.2 Å². The van der Waals surface area contributed by atoms with E-state index in [2.05, 4.69) is 20.5 Å². The van der Waals surface area contributed by atoms with Crippen molar-refractivity contribution in [2.75, 3.05) is 25.2 Å². The Balaban J connectivity index is 1.93. The molecule has 0 fully saturated rings. The van der Waals surface area contributed by atoms with E-state index in [1.54, 1.807) is 12.1 Å². The van der Waals surface area contributed by atoms with Crippen molar-refractivity contribution in [2.24, 2.45) is 0 Å². The van der Waals surface area contributed by atoms with Gasteiger partial charge in [0.25, 0.3) is 0 Å². The highest BCUT2D eigenvalue weighted by molar-refractivity contribution is 7.99. The Morgan fingerprint density at radius 2 is 1.85 bits per heavy atom. The smallest absolute Gasteiger partial charge is 0.242 e. The predicted molar refractivity (Wildman–Crippen MR) is 102 cm³/mol. The van der Waals surface area contributed by atoms with Gasteiger partial charge in [0.2, 0.25) is 21.1 Å². The third-order valence-corrected chi connectivity index (χ3v) is 6.10. The van der Waals surface area contributed by atoms with Crippen LogP contribution in [0.1, 0.15) is 26.6 Å². The average Bonchev–Trinajstić information content (AvgIpc) is 3.02. The highest BCUT2D eigenvalue weighted by atomic mass is 32.2. The number of benzene rings is 1. The summed E-state index contributed by atoms with van der Waals surface area (Å²) < 4.78 is 25.2. The van der Waals surface area contributed by atoms with Gasteiger partial charge in [-0.2, -0.15) is 0 Å². The first kappa shape index (κ1) is 20.4. The van der Waals surface area contributed by atoms with Gasteiger partial charge in [-0.05, 0) is 24.3 Å². The minimum Gasteiger partial charge on any atom is -0.325 e. The fourth-order valence-corrected chi connectivity index (χ4v) is 3.39. The van der Waals surface area contributed by atoms with Crippen LogP contribution in [-0.2, 0) is 20.2 Å². The molecule has 0 saturated carbocycles. The number of hydrogen-bond donors (Lipinski definition) is 2. The van der Waals surface area contributed by atoms with Gasteiger partial charge in [-0.15, -0.1) is 5.10 Å². The fraction of sp³-hybridized carbons (Fsp3) is 0.438. The second-order valence-electron chi connectivity index (χ2n) is 6.87. The van der Waals surface area contributed by atoms with Crippen LogP contribution in [0.4, 0.5) is 5.69 Å². The molecule has 0 aliphatic heterocycles. The van der Waals surface area contributed by atoms with E-state index in [1.165, 1.54) is 38.0 Å². The molecular formula is C16H23N5O3S2. The summed E-state index contributed by atoms with van der Waals surface area (Å²) in [5, 5.41) is 10.2. The lowest BCUT2D eigenvalue weighted by atomic mass is 9.96. The van der Waals surface area contributed by atoms with Gasteiger partial charge in [0.15, 0.2) is 0 Å². The number of nitrogens with zero attached hydrogens (tertiary/aromatic N) is 3. The number of amides is 1. The van der Waals surface area contributed by atoms with Crippen molar-refractivity contribution in [3.63, 3.8) is 0 Å². The number of nitrogens with one attached hydrogen (secondary N) is 2. The molecule has 1 aromatic heterocycles. The van der Waals surface area contributed by atoms with Crippen LogP contribution in [0.5, 0.6) is 0 Å². The molecule has 2 rings (SSSR count). The number of carbonyl (C=O) groups excluding carboxylic acids is 1. The van der Waals surface area contributed by atoms with E-state index in [4.69, 9.17) is 0 Å². The second kappa shape index (κ2) is 7.77. The maximum absolute atomic E-state index is 12.1. The molecule has 0 aliphatic rings. The Bertz CT molecular complexity index is 868. The molecule has 2 aromatic rings. The quantitative estimate of drug-likeness (QED) is 0.723. The van der Waals surface area contributed by atoms with Gasteiger partial charge in [-0.25, -0.2) is 17.7 Å². The normalized spacial score (nSPS) is 12.4. The molecule has 1 amide bonds. The molecule has 10 heteroatoms. The van der Waals surface area contributed by atoms with Crippen LogP contribution in [0.2, 0.25) is 0 Å². The Morgan fingerprint density at radius 3 is 2.35 bits per heavy atom. The van der Waals surface area contributed by atoms with E-state index in [1.807, 2.05) is 20.8 Å². The molecule has 0 spiro atoms. The van der Waals surface area contributed by atoms with Gasteiger partial charge in [-0.1, -0.05) is 32.5 Å². The SMILES string of the molecule is CN(C)S(=O)(=O)c1ccc(NC(=O)CSc2n[nH]c(C(C)(C)C)n2)cc1. The maximum Gasteiger partial charge on any atom is 0.242 e. The summed E-state index contributed by atoms with van der Waals surface area (Å²) >= 11 is 1.23. The summed E-state index contributed by atoms with van der Waals surface area (Å²) in [7, 11) is -0.544. The van der Waals surface area contributed by atoms with Crippen LogP contribution in [0.25, 0.3) is 0 Å². The molecular weight excluding hydrogens is 374 g/mol. The first-order chi connectivity index (χ1) is 12.0. The third-order valence-electron chi connectivity index (χ3n) is 3.42. The highest BCUT2D eigenvalue weighted by Gasteiger charge is 2.19. The number of rotatable bonds is 6. The van der Waals surface area contributed by atoms with Gasteiger partial charge in [-0.3, -0.25) is 9.89 Å². The summed E-state index contributed by atoms with van der Waals surface area (Å²) in [6.07, 6.45) is 0. The van der Waals surface area contributed by atoms with Gasteiger partial charge >= 0.3 is 0 Å². The zero-order valence-corrected chi connectivity index (χ0v) is 17.0. The molecule has 0 saturated heterocycles. The number of hydrogen-bond acceptors (Lipinski definition) is 6. The Labute approximate surface area is 157 Å². The van der Waals surface area contributed by atoms with Crippen LogP contribution in [0, 0.1) is 0 Å². The van der Waals surface area contributed by atoms with Gasteiger partial charge in [0.05, 0.1) is 10.6 Å². The van der Waals surface area contributed by atoms with E-state index < -0.39 is 10.0 Å². The average molecular weight is 398 g/mol. The Hall–Kier alpha value is -1.91. The van der Waals surface area contributed by atoms with Crippen molar-refractivity contribution in [3.05, 3.63) is 30.1 Å². The number of anilines is 1. The molecule has 2 N–H and O–H groups in total. The van der Waals surface area contributed by atoms with Crippen molar-refractivity contribution in [2.45, 2.75) is 36.2 Å². The lowest BCUT2D eigenvalue weighted by molar-refractivity contribution is -0.113. The number of thioether (sulfide) groups is 1. The van der Waals surface area contributed by atoms with Crippen LogP contribution in [0.15, 0.2) is 34.3 Å². The van der Waals surface area contributed by atoms with Crippen LogP contribution in [0.3, 0.4) is 0 Å². The molecule has 26 heavy (non-hydrogen) atoms. The molecule has 0 unspecified atom stereocenters. The van der Waals surface area contributed by atoms with Crippen LogP contribution in [-0.4, -0.2) is 53.7 Å². The number of carbonyl (C=O) groups is 1. The summed E-state index contributed by atoms with van der Waals surface area (Å²) in [6.45, 7) is 6.07. The van der Waals surface area contributed by atoms with Crippen molar-refractivity contribution in [1.82, 2.24) is 19.5 Å². The van der Waals surface area contributed by atoms with E-state index in [-0.39, 0.29) is 22.0 Å². The van der Waals surface area contributed by atoms with Crippen molar-refractivity contribution >= 4 is 33.4 Å². The molecule has 1 aromatic carbocycles.